The van der Waals surface area contributed by atoms with Gasteiger partial charge < -0.3 is 15.4 Å². The molecule has 0 fully saturated rings. The van der Waals surface area contributed by atoms with Crippen LogP contribution in [0, 0.1) is 5.82 Å². The number of hydrogen-bond acceptors (Lipinski definition) is 4. The van der Waals surface area contributed by atoms with Gasteiger partial charge in [0, 0.05) is 5.69 Å². The number of hydrogen-bond donors (Lipinski definition) is 2. The molecule has 1 aliphatic carbocycles. The molecule has 28 heavy (non-hydrogen) atoms. The van der Waals surface area contributed by atoms with Gasteiger partial charge in [-0.3, -0.25) is 14.4 Å². The van der Waals surface area contributed by atoms with Crippen LogP contribution in [0.25, 0.3) is 0 Å². The molecular weight excluding hydrogens is 363 g/mol. The molecule has 2 aromatic rings. The van der Waals surface area contributed by atoms with E-state index in [4.69, 9.17) is 4.74 Å². The third-order valence-corrected chi connectivity index (χ3v) is 4.45. The number of carbonyl (C=O) groups is 3. The largest absolute Gasteiger partial charge is 0.455 e. The standard InChI is InChI=1S/C21H21FN2O4/c22-17-6-8-18(9-7-17)24-19(25)12-23-20(26)13-28-21(27)11-14-4-5-15-2-1-3-16(15)10-14/h4-10H,1-3,11-13H2,(H,23,26)(H,24,25). The molecular formula is C21H21FN2O4. The van der Waals surface area contributed by atoms with Crippen LogP contribution >= 0.6 is 0 Å². The molecule has 0 aromatic heterocycles. The molecule has 0 aliphatic heterocycles. The minimum atomic E-state index is -0.573. The molecule has 0 spiro atoms. The van der Waals surface area contributed by atoms with Crippen molar-refractivity contribution in [3.63, 3.8) is 0 Å². The van der Waals surface area contributed by atoms with Gasteiger partial charge in [0.05, 0.1) is 13.0 Å². The lowest BCUT2D eigenvalue weighted by molar-refractivity contribution is -0.147. The van der Waals surface area contributed by atoms with E-state index in [1.807, 2.05) is 18.2 Å². The molecule has 7 heteroatoms. The van der Waals surface area contributed by atoms with E-state index in [0.29, 0.717) is 5.69 Å². The molecule has 2 aromatic carbocycles. The first-order valence-electron chi connectivity index (χ1n) is 9.08. The van der Waals surface area contributed by atoms with Crippen LogP contribution in [0.5, 0.6) is 0 Å². The van der Waals surface area contributed by atoms with Crippen LogP contribution in [0.2, 0.25) is 0 Å². The third kappa shape index (κ3) is 5.64. The summed E-state index contributed by atoms with van der Waals surface area (Å²) in [5, 5.41) is 4.88. The number of halogens is 1. The van der Waals surface area contributed by atoms with Gasteiger partial charge >= 0.3 is 5.97 Å². The molecule has 2 amide bonds. The second kappa shape index (κ2) is 9.12. The van der Waals surface area contributed by atoms with Crippen molar-refractivity contribution in [1.82, 2.24) is 5.32 Å². The first-order chi connectivity index (χ1) is 13.5. The summed E-state index contributed by atoms with van der Waals surface area (Å²) in [6.07, 6.45) is 3.35. The predicted molar refractivity (Wildman–Crippen MR) is 101 cm³/mol. The van der Waals surface area contributed by atoms with Crippen molar-refractivity contribution in [2.45, 2.75) is 25.7 Å². The fourth-order valence-electron chi connectivity index (χ4n) is 3.07. The molecule has 0 atom stereocenters. The Hall–Kier alpha value is -3.22. The van der Waals surface area contributed by atoms with Gasteiger partial charge in [-0.05, 0) is 60.2 Å². The minimum absolute atomic E-state index is 0.103. The van der Waals surface area contributed by atoms with Crippen molar-refractivity contribution in [2.24, 2.45) is 0 Å². The maximum atomic E-state index is 12.8. The number of aryl methyl sites for hydroxylation is 2. The number of fused-ring (bicyclic) bond motifs is 1. The van der Waals surface area contributed by atoms with E-state index in [0.717, 1.165) is 24.8 Å². The van der Waals surface area contributed by atoms with Crippen LogP contribution < -0.4 is 10.6 Å². The van der Waals surface area contributed by atoms with Crippen molar-refractivity contribution < 1.29 is 23.5 Å². The van der Waals surface area contributed by atoms with Gasteiger partial charge in [-0.2, -0.15) is 0 Å². The predicted octanol–water partition coefficient (Wildman–Crippen LogP) is 2.15. The lowest BCUT2D eigenvalue weighted by Gasteiger charge is -2.08. The number of amides is 2. The Morgan fingerprint density at radius 2 is 1.71 bits per heavy atom. The fourth-order valence-corrected chi connectivity index (χ4v) is 3.07. The number of rotatable bonds is 7. The second-order valence-electron chi connectivity index (χ2n) is 6.63. The molecule has 0 saturated carbocycles. The van der Waals surface area contributed by atoms with E-state index >= 15 is 0 Å². The molecule has 6 nitrogen and oxygen atoms in total. The molecule has 0 radical (unpaired) electrons. The summed E-state index contributed by atoms with van der Waals surface area (Å²) in [6.45, 7) is -0.730. The van der Waals surface area contributed by atoms with Gasteiger partial charge in [-0.15, -0.1) is 0 Å². The van der Waals surface area contributed by atoms with Crippen molar-refractivity contribution in [2.75, 3.05) is 18.5 Å². The van der Waals surface area contributed by atoms with E-state index < -0.39 is 30.2 Å². The molecule has 1 aliphatic rings. The summed E-state index contributed by atoms with van der Waals surface area (Å²) < 4.78 is 17.8. The topological polar surface area (TPSA) is 84.5 Å². The Kier molecular flexibility index (Phi) is 6.37. The fraction of sp³-hybridized carbons (Fsp3) is 0.286. The highest BCUT2D eigenvalue weighted by Gasteiger charge is 2.14. The number of carbonyl (C=O) groups excluding carboxylic acids is 3. The Labute approximate surface area is 162 Å². The van der Waals surface area contributed by atoms with Crippen molar-refractivity contribution in [3.05, 3.63) is 65.0 Å². The lowest BCUT2D eigenvalue weighted by Crippen LogP contribution is -2.35. The Balaban J connectivity index is 1.36. The van der Waals surface area contributed by atoms with Crippen LogP contribution in [0.3, 0.4) is 0 Å². The van der Waals surface area contributed by atoms with Gasteiger partial charge in [-0.25, -0.2) is 4.39 Å². The Morgan fingerprint density at radius 3 is 2.50 bits per heavy atom. The van der Waals surface area contributed by atoms with Crippen LogP contribution in [0.4, 0.5) is 10.1 Å². The van der Waals surface area contributed by atoms with Crippen molar-refractivity contribution in [1.29, 1.82) is 0 Å². The molecule has 146 valence electrons. The number of esters is 1. The molecule has 0 saturated heterocycles. The summed E-state index contributed by atoms with van der Waals surface area (Å²) in [5.41, 5.74) is 3.89. The van der Waals surface area contributed by atoms with Crippen molar-refractivity contribution >= 4 is 23.5 Å². The normalized spacial score (nSPS) is 12.2. The molecule has 0 bridgehead atoms. The van der Waals surface area contributed by atoms with E-state index in [-0.39, 0.29) is 13.0 Å². The quantitative estimate of drug-likeness (QED) is 0.717. The van der Waals surface area contributed by atoms with Crippen LogP contribution in [-0.2, 0) is 38.4 Å². The lowest BCUT2D eigenvalue weighted by atomic mass is 10.0. The first kappa shape index (κ1) is 19.5. The molecule has 3 rings (SSSR count). The zero-order valence-electron chi connectivity index (χ0n) is 15.3. The van der Waals surface area contributed by atoms with Gasteiger partial charge in [0.15, 0.2) is 6.61 Å². The highest BCUT2D eigenvalue weighted by atomic mass is 19.1. The van der Waals surface area contributed by atoms with E-state index in [9.17, 15) is 18.8 Å². The third-order valence-electron chi connectivity index (χ3n) is 4.45. The highest BCUT2D eigenvalue weighted by Crippen LogP contribution is 2.23. The van der Waals surface area contributed by atoms with Gasteiger partial charge in [-0.1, -0.05) is 18.2 Å². The summed E-state index contributed by atoms with van der Waals surface area (Å²) >= 11 is 0. The van der Waals surface area contributed by atoms with Crippen LogP contribution in [0.15, 0.2) is 42.5 Å². The number of nitrogens with one attached hydrogen (secondary N) is 2. The summed E-state index contributed by atoms with van der Waals surface area (Å²) in [5.74, 6) is -1.95. The molecule has 2 N–H and O–H groups in total. The van der Waals surface area contributed by atoms with Gasteiger partial charge in [0.25, 0.3) is 5.91 Å². The van der Waals surface area contributed by atoms with E-state index in [1.165, 1.54) is 35.4 Å². The minimum Gasteiger partial charge on any atom is -0.455 e. The number of benzene rings is 2. The van der Waals surface area contributed by atoms with Crippen molar-refractivity contribution in [3.8, 4) is 0 Å². The number of anilines is 1. The highest BCUT2D eigenvalue weighted by molar-refractivity contribution is 5.94. The summed E-state index contributed by atoms with van der Waals surface area (Å²) in [7, 11) is 0. The van der Waals surface area contributed by atoms with Gasteiger partial charge in [0.1, 0.15) is 5.82 Å². The molecule has 0 unspecified atom stereocenters. The maximum absolute atomic E-state index is 12.8. The smallest absolute Gasteiger partial charge is 0.310 e. The van der Waals surface area contributed by atoms with E-state index in [1.54, 1.807) is 0 Å². The zero-order chi connectivity index (χ0) is 19.9. The average molecular weight is 384 g/mol. The van der Waals surface area contributed by atoms with Gasteiger partial charge in [0.2, 0.25) is 5.91 Å². The summed E-state index contributed by atoms with van der Waals surface area (Å²) in [4.78, 5) is 35.4. The Bertz CT molecular complexity index is 880. The number of ether oxygens (including phenoxy) is 1. The Morgan fingerprint density at radius 1 is 0.964 bits per heavy atom. The maximum Gasteiger partial charge on any atom is 0.310 e. The SMILES string of the molecule is O=C(COC(=O)Cc1ccc2c(c1)CCC2)NCC(=O)Nc1ccc(F)cc1. The van der Waals surface area contributed by atoms with E-state index in [2.05, 4.69) is 10.6 Å². The second-order valence-corrected chi connectivity index (χ2v) is 6.63. The molecule has 0 heterocycles. The average Bonchev–Trinajstić information content (AvgIpc) is 3.14. The van der Waals surface area contributed by atoms with Crippen LogP contribution in [-0.4, -0.2) is 30.9 Å². The zero-order valence-corrected chi connectivity index (χ0v) is 15.3. The monoisotopic (exact) mass is 384 g/mol. The summed E-state index contributed by atoms with van der Waals surface area (Å²) in [6, 6.07) is 11.2. The first-order valence-corrected chi connectivity index (χ1v) is 9.08. The van der Waals surface area contributed by atoms with Crippen LogP contribution in [0.1, 0.15) is 23.1 Å².